The van der Waals surface area contributed by atoms with Gasteiger partial charge in [0.2, 0.25) is 0 Å². The summed E-state index contributed by atoms with van der Waals surface area (Å²) in [5.41, 5.74) is 0.857. The Morgan fingerprint density at radius 2 is 1.64 bits per heavy atom. The number of carbonyl (C=O) groups excluding carboxylic acids is 2. The van der Waals surface area contributed by atoms with Crippen LogP contribution in [-0.4, -0.2) is 34.0 Å². The molecule has 0 saturated heterocycles. The molecule has 0 aliphatic rings. The molecule has 9 heteroatoms. The quantitative estimate of drug-likeness (QED) is 0.585. The average molecular weight is 405 g/mol. The van der Waals surface area contributed by atoms with E-state index in [-0.39, 0.29) is 10.8 Å². The fraction of sp³-hybridized carbons (Fsp3) is 0.263. The second-order valence-corrected chi connectivity index (χ2v) is 7.60. The lowest BCUT2D eigenvalue weighted by molar-refractivity contribution is 0.102. The third-order valence-electron chi connectivity index (χ3n) is 3.82. The van der Waals surface area contributed by atoms with Gasteiger partial charge in [0, 0.05) is 17.8 Å². The first-order chi connectivity index (χ1) is 13.4. The highest BCUT2D eigenvalue weighted by Gasteiger charge is 2.17. The molecule has 0 fully saturated rings. The standard InChI is InChI=1S/C19H23N3O5S/c1-3-4-13-20-19(24)22-28(25,26)17-11-7-15(8-12-17)21-18(23)14-5-9-16(27-2)10-6-14/h5-12H,3-4,13H2,1-2H3,(H,21,23)(H2,20,22,24). The van der Waals surface area contributed by atoms with E-state index in [2.05, 4.69) is 10.6 Å². The van der Waals surface area contributed by atoms with E-state index in [1.54, 1.807) is 24.3 Å². The Morgan fingerprint density at radius 1 is 1.00 bits per heavy atom. The molecule has 28 heavy (non-hydrogen) atoms. The molecular formula is C19H23N3O5S. The van der Waals surface area contributed by atoms with Crippen LogP contribution in [0, 0.1) is 0 Å². The second-order valence-electron chi connectivity index (χ2n) is 5.92. The molecule has 8 nitrogen and oxygen atoms in total. The van der Waals surface area contributed by atoms with E-state index in [0.29, 0.717) is 23.5 Å². The number of methoxy groups -OCH3 is 1. The molecule has 2 rings (SSSR count). The molecule has 3 amide bonds. The van der Waals surface area contributed by atoms with Crippen LogP contribution in [0.5, 0.6) is 5.75 Å². The van der Waals surface area contributed by atoms with Gasteiger partial charge in [-0.25, -0.2) is 17.9 Å². The van der Waals surface area contributed by atoms with E-state index in [1.807, 2.05) is 11.6 Å². The Hall–Kier alpha value is -3.07. The lowest BCUT2D eigenvalue weighted by Gasteiger charge is -2.10. The van der Waals surface area contributed by atoms with Crippen LogP contribution in [0.3, 0.4) is 0 Å². The number of carbonyl (C=O) groups is 2. The Morgan fingerprint density at radius 3 is 2.21 bits per heavy atom. The summed E-state index contributed by atoms with van der Waals surface area (Å²) < 4.78 is 31.4. The molecule has 0 bridgehead atoms. The number of anilines is 1. The van der Waals surface area contributed by atoms with E-state index in [9.17, 15) is 18.0 Å². The predicted molar refractivity (Wildman–Crippen MR) is 106 cm³/mol. The molecule has 0 saturated carbocycles. The molecule has 0 atom stereocenters. The van der Waals surface area contributed by atoms with Crippen molar-refractivity contribution in [1.29, 1.82) is 0 Å². The van der Waals surface area contributed by atoms with E-state index in [0.717, 1.165) is 12.8 Å². The minimum atomic E-state index is -3.99. The highest BCUT2D eigenvalue weighted by molar-refractivity contribution is 7.90. The molecule has 0 aliphatic carbocycles. The van der Waals surface area contributed by atoms with Crippen molar-refractivity contribution in [2.75, 3.05) is 19.0 Å². The molecular weight excluding hydrogens is 382 g/mol. The van der Waals surface area contributed by atoms with Crippen LogP contribution < -0.4 is 20.1 Å². The number of ether oxygens (including phenoxy) is 1. The Labute approximate surface area is 164 Å². The van der Waals surface area contributed by atoms with Crippen molar-refractivity contribution >= 4 is 27.6 Å². The third-order valence-corrected chi connectivity index (χ3v) is 5.16. The maximum absolute atomic E-state index is 12.2. The van der Waals surface area contributed by atoms with Gasteiger partial charge < -0.3 is 15.4 Å². The number of nitrogens with one attached hydrogen (secondary N) is 3. The van der Waals surface area contributed by atoms with Gasteiger partial charge in [0.25, 0.3) is 15.9 Å². The number of sulfonamides is 1. The zero-order valence-electron chi connectivity index (χ0n) is 15.7. The lowest BCUT2D eigenvalue weighted by atomic mass is 10.2. The zero-order valence-corrected chi connectivity index (χ0v) is 16.5. The first-order valence-electron chi connectivity index (χ1n) is 8.72. The summed E-state index contributed by atoms with van der Waals surface area (Å²) >= 11 is 0. The fourth-order valence-corrected chi connectivity index (χ4v) is 3.19. The maximum Gasteiger partial charge on any atom is 0.328 e. The Bertz CT molecular complexity index is 910. The van der Waals surface area contributed by atoms with Gasteiger partial charge in [-0.3, -0.25) is 4.79 Å². The lowest BCUT2D eigenvalue weighted by Crippen LogP contribution is -2.39. The normalized spacial score (nSPS) is 10.8. The number of urea groups is 1. The Balaban J connectivity index is 1.99. The minimum absolute atomic E-state index is 0.0828. The summed E-state index contributed by atoms with van der Waals surface area (Å²) in [6, 6.07) is 11.3. The first-order valence-corrected chi connectivity index (χ1v) is 10.2. The summed E-state index contributed by atoms with van der Waals surface area (Å²) in [4.78, 5) is 23.8. The zero-order chi connectivity index (χ0) is 20.6. The molecule has 0 aromatic heterocycles. The number of benzene rings is 2. The van der Waals surface area contributed by atoms with Crippen LogP contribution in [0.1, 0.15) is 30.1 Å². The molecule has 0 spiro atoms. The van der Waals surface area contributed by atoms with Gasteiger partial charge >= 0.3 is 6.03 Å². The van der Waals surface area contributed by atoms with Crippen LogP contribution in [0.4, 0.5) is 10.5 Å². The average Bonchev–Trinajstić information content (AvgIpc) is 2.68. The minimum Gasteiger partial charge on any atom is -0.497 e. The summed E-state index contributed by atoms with van der Waals surface area (Å²) in [7, 11) is -2.45. The molecule has 2 aromatic carbocycles. The molecule has 3 N–H and O–H groups in total. The molecule has 0 unspecified atom stereocenters. The van der Waals surface area contributed by atoms with Crippen LogP contribution in [0.15, 0.2) is 53.4 Å². The van der Waals surface area contributed by atoms with Gasteiger partial charge in [-0.15, -0.1) is 0 Å². The van der Waals surface area contributed by atoms with E-state index < -0.39 is 16.1 Å². The number of unbranched alkanes of at least 4 members (excludes halogenated alkanes) is 1. The summed E-state index contributed by atoms with van der Waals surface area (Å²) in [6.07, 6.45) is 1.65. The van der Waals surface area contributed by atoms with Crippen LogP contribution >= 0.6 is 0 Å². The van der Waals surface area contributed by atoms with Crippen molar-refractivity contribution in [3.05, 3.63) is 54.1 Å². The van der Waals surface area contributed by atoms with E-state index in [4.69, 9.17) is 4.74 Å². The summed E-state index contributed by atoms with van der Waals surface area (Å²) in [5, 5.41) is 5.15. The molecule has 0 aliphatic heterocycles. The smallest absolute Gasteiger partial charge is 0.328 e. The van der Waals surface area contributed by atoms with Crippen LogP contribution in [-0.2, 0) is 10.0 Å². The van der Waals surface area contributed by atoms with Gasteiger partial charge in [0.1, 0.15) is 5.75 Å². The molecule has 2 aromatic rings. The van der Waals surface area contributed by atoms with Gasteiger partial charge in [-0.05, 0) is 55.0 Å². The van der Waals surface area contributed by atoms with Crippen molar-refractivity contribution in [2.24, 2.45) is 0 Å². The monoisotopic (exact) mass is 405 g/mol. The van der Waals surface area contributed by atoms with Gasteiger partial charge in [-0.1, -0.05) is 13.3 Å². The predicted octanol–water partition coefficient (Wildman–Crippen LogP) is 2.74. The number of hydrogen-bond acceptors (Lipinski definition) is 5. The maximum atomic E-state index is 12.2. The number of rotatable bonds is 8. The summed E-state index contributed by atoms with van der Waals surface area (Å²) in [6.45, 7) is 2.36. The van der Waals surface area contributed by atoms with Crippen molar-refractivity contribution in [1.82, 2.24) is 10.0 Å². The van der Waals surface area contributed by atoms with Crippen molar-refractivity contribution in [3.63, 3.8) is 0 Å². The highest BCUT2D eigenvalue weighted by Crippen LogP contribution is 2.16. The summed E-state index contributed by atoms with van der Waals surface area (Å²) in [5.74, 6) is 0.295. The van der Waals surface area contributed by atoms with Gasteiger partial charge in [0.15, 0.2) is 0 Å². The largest absolute Gasteiger partial charge is 0.497 e. The van der Waals surface area contributed by atoms with E-state index in [1.165, 1.54) is 31.4 Å². The molecule has 0 radical (unpaired) electrons. The first kappa shape index (κ1) is 21.2. The fourth-order valence-electron chi connectivity index (χ4n) is 2.26. The van der Waals surface area contributed by atoms with Gasteiger partial charge in [-0.2, -0.15) is 0 Å². The number of hydrogen-bond donors (Lipinski definition) is 3. The van der Waals surface area contributed by atoms with Crippen LogP contribution in [0.2, 0.25) is 0 Å². The molecule has 150 valence electrons. The topological polar surface area (TPSA) is 114 Å². The van der Waals surface area contributed by atoms with Crippen molar-refractivity contribution in [3.8, 4) is 5.75 Å². The number of amides is 3. The van der Waals surface area contributed by atoms with Crippen LogP contribution in [0.25, 0.3) is 0 Å². The van der Waals surface area contributed by atoms with E-state index >= 15 is 0 Å². The van der Waals surface area contributed by atoms with Crippen molar-refractivity contribution < 1.29 is 22.7 Å². The third kappa shape index (κ3) is 5.98. The Kier molecular flexibility index (Phi) is 7.39. The highest BCUT2D eigenvalue weighted by atomic mass is 32.2. The van der Waals surface area contributed by atoms with Gasteiger partial charge in [0.05, 0.1) is 12.0 Å². The molecule has 0 heterocycles. The second kappa shape index (κ2) is 9.75. The van der Waals surface area contributed by atoms with Crippen molar-refractivity contribution in [2.45, 2.75) is 24.7 Å². The SMILES string of the molecule is CCCCNC(=O)NS(=O)(=O)c1ccc(NC(=O)c2ccc(OC)cc2)cc1.